The molecule has 0 radical (unpaired) electrons. The molecule has 0 aromatic heterocycles. The summed E-state index contributed by atoms with van der Waals surface area (Å²) in [6, 6.07) is 17.2. The Morgan fingerprint density at radius 3 is 2.30 bits per heavy atom. The van der Waals surface area contributed by atoms with E-state index in [1.807, 2.05) is 53.8 Å². The number of carbonyl (C=O) groups excluding carboxylic acids is 1. The Kier molecular flexibility index (Phi) is 5.62. The Hall–Kier alpha value is -2.50. The molecular formula is C17H17F3N2O. The molecule has 0 atom stereocenters. The first kappa shape index (κ1) is 16.9. The van der Waals surface area contributed by atoms with Gasteiger partial charge >= 0.3 is 6.18 Å². The van der Waals surface area contributed by atoms with Crippen molar-refractivity contribution in [1.29, 1.82) is 0 Å². The van der Waals surface area contributed by atoms with E-state index in [1.54, 1.807) is 6.07 Å². The molecule has 0 bridgehead atoms. The van der Waals surface area contributed by atoms with Crippen LogP contribution >= 0.6 is 0 Å². The summed E-state index contributed by atoms with van der Waals surface area (Å²) in [5.74, 6) is -0.697. The molecule has 0 spiro atoms. The van der Waals surface area contributed by atoms with Crippen molar-refractivity contribution in [2.24, 2.45) is 0 Å². The van der Waals surface area contributed by atoms with Crippen LogP contribution in [0.3, 0.4) is 0 Å². The largest absolute Gasteiger partial charge is 0.405 e. The molecule has 0 saturated heterocycles. The highest BCUT2D eigenvalue weighted by Gasteiger charge is 2.27. The SMILES string of the molecule is O=C(CNc1ccccc1Cc1ccccc1)NCC(F)(F)F. The van der Waals surface area contributed by atoms with E-state index < -0.39 is 18.6 Å². The van der Waals surface area contributed by atoms with E-state index in [2.05, 4.69) is 5.32 Å². The van der Waals surface area contributed by atoms with Gasteiger partial charge in [-0.1, -0.05) is 48.5 Å². The molecule has 0 aliphatic carbocycles. The van der Waals surface area contributed by atoms with Crippen molar-refractivity contribution in [2.75, 3.05) is 18.4 Å². The number of carbonyl (C=O) groups is 1. The van der Waals surface area contributed by atoms with Crippen LogP contribution in [0.5, 0.6) is 0 Å². The summed E-state index contributed by atoms with van der Waals surface area (Å²) in [4.78, 5) is 11.5. The topological polar surface area (TPSA) is 41.1 Å². The molecule has 2 rings (SSSR count). The molecule has 0 aliphatic rings. The Bertz CT molecular complexity index is 642. The summed E-state index contributed by atoms with van der Waals surface area (Å²) in [5, 5.41) is 4.73. The summed E-state index contributed by atoms with van der Waals surface area (Å²) in [5.41, 5.74) is 2.82. The summed E-state index contributed by atoms with van der Waals surface area (Å²) in [6.07, 6.45) is -3.73. The van der Waals surface area contributed by atoms with Gasteiger partial charge < -0.3 is 10.6 Å². The van der Waals surface area contributed by atoms with Gasteiger partial charge in [0, 0.05) is 5.69 Å². The number of nitrogens with one attached hydrogen (secondary N) is 2. The van der Waals surface area contributed by atoms with E-state index in [0.717, 1.165) is 16.8 Å². The third-order valence-electron chi connectivity index (χ3n) is 3.18. The van der Waals surface area contributed by atoms with Gasteiger partial charge in [0.05, 0.1) is 6.54 Å². The van der Waals surface area contributed by atoms with Gasteiger partial charge in [0.25, 0.3) is 0 Å². The van der Waals surface area contributed by atoms with Crippen molar-refractivity contribution >= 4 is 11.6 Å². The lowest BCUT2D eigenvalue weighted by Crippen LogP contribution is -2.37. The van der Waals surface area contributed by atoms with Gasteiger partial charge in [-0.15, -0.1) is 0 Å². The van der Waals surface area contributed by atoms with Crippen molar-refractivity contribution < 1.29 is 18.0 Å². The molecule has 2 aromatic rings. The number of hydrogen-bond donors (Lipinski definition) is 2. The van der Waals surface area contributed by atoms with Crippen molar-refractivity contribution in [3.8, 4) is 0 Å². The lowest BCUT2D eigenvalue weighted by atomic mass is 10.0. The Balaban J connectivity index is 1.94. The zero-order valence-corrected chi connectivity index (χ0v) is 12.4. The summed E-state index contributed by atoms with van der Waals surface area (Å²) in [6.45, 7) is -1.53. The Morgan fingerprint density at radius 2 is 1.61 bits per heavy atom. The molecule has 0 fully saturated rings. The number of para-hydroxylation sites is 1. The van der Waals surface area contributed by atoms with Crippen LogP contribution in [0.2, 0.25) is 0 Å². The lowest BCUT2D eigenvalue weighted by Gasteiger charge is -2.13. The average molecular weight is 322 g/mol. The average Bonchev–Trinajstić information content (AvgIpc) is 2.52. The predicted molar refractivity (Wildman–Crippen MR) is 83.2 cm³/mol. The molecule has 23 heavy (non-hydrogen) atoms. The number of hydrogen-bond acceptors (Lipinski definition) is 2. The highest BCUT2D eigenvalue weighted by Crippen LogP contribution is 2.19. The van der Waals surface area contributed by atoms with Crippen LogP contribution in [-0.2, 0) is 11.2 Å². The first-order chi connectivity index (χ1) is 10.9. The minimum Gasteiger partial charge on any atom is -0.376 e. The van der Waals surface area contributed by atoms with E-state index in [-0.39, 0.29) is 6.54 Å². The highest BCUT2D eigenvalue weighted by atomic mass is 19.4. The van der Waals surface area contributed by atoms with Crippen LogP contribution in [0.25, 0.3) is 0 Å². The third kappa shape index (κ3) is 6.02. The first-order valence-electron chi connectivity index (χ1n) is 7.13. The maximum Gasteiger partial charge on any atom is 0.405 e. The number of benzene rings is 2. The number of rotatable bonds is 6. The fourth-order valence-corrected chi connectivity index (χ4v) is 2.10. The molecule has 3 nitrogen and oxygen atoms in total. The van der Waals surface area contributed by atoms with Crippen LogP contribution in [-0.4, -0.2) is 25.2 Å². The van der Waals surface area contributed by atoms with Crippen molar-refractivity contribution in [2.45, 2.75) is 12.6 Å². The summed E-state index contributed by atoms with van der Waals surface area (Å²) in [7, 11) is 0. The molecule has 0 unspecified atom stereocenters. The Labute approximate surface area is 132 Å². The molecule has 0 heterocycles. The van der Waals surface area contributed by atoms with Gasteiger partial charge in [0.1, 0.15) is 6.54 Å². The van der Waals surface area contributed by atoms with Gasteiger partial charge in [0.2, 0.25) is 5.91 Å². The van der Waals surface area contributed by atoms with Crippen molar-refractivity contribution in [1.82, 2.24) is 5.32 Å². The van der Waals surface area contributed by atoms with E-state index >= 15 is 0 Å². The molecule has 122 valence electrons. The maximum atomic E-state index is 12.1. The normalized spacial score (nSPS) is 11.1. The van der Waals surface area contributed by atoms with Crippen LogP contribution in [0.1, 0.15) is 11.1 Å². The lowest BCUT2D eigenvalue weighted by molar-refractivity contribution is -0.137. The zero-order valence-electron chi connectivity index (χ0n) is 12.4. The number of alkyl halides is 3. The smallest absolute Gasteiger partial charge is 0.376 e. The van der Waals surface area contributed by atoms with E-state index in [1.165, 1.54) is 0 Å². The van der Waals surface area contributed by atoms with Gasteiger partial charge in [-0.3, -0.25) is 4.79 Å². The third-order valence-corrected chi connectivity index (χ3v) is 3.18. The van der Waals surface area contributed by atoms with Crippen LogP contribution in [0.15, 0.2) is 54.6 Å². The van der Waals surface area contributed by atoms with Crippen molar-refractivity contribution in [3.63, 3.8) is 0 Å². The molecule has 6 heteroatoms. The molecule has 0 saturated carbocycles. The number of anilines is 1. The van der Waals surface area contributed by atoms with Crippen molar-refractivity contribution in [3.05, 3.63) is 65.7 Å². The zero-order chi connectivity index (χ0) is 16.7. The first-order valence-corrected chi connectivity index (χ1v) is 7.13. The second-order valence-corrected chi connectivity index (χ2v) is 5.06. The molecule has 2 N–H and O–H groups in total. The summed E-state index contributed by atoms with van der Waals surface area (Å²) >= 11 is 0. The molecular weight excluding hydrogens is 305 g/mol. The number of halogens is 3. The quantitative estimate of drug-likeness (QED) is 0.856. The second-order valence-electron chi connectivity index (χ2n) is 5.06. The molecule has 0 aliphatic heterocycles. The predicted octanol–water partition coefficient (Wildman–Crippen LogP) is 3.37. The minimum absolute atomic E-state index is 0.206. The monoisotopic (exact) mass is 322 g/mol. The summed E-state index contributed by atoms with van der Waals surface area (Å²) < 4.78 is 36.2. The van der Waals surface area contributed by atoms with E-state index in [9.17, 15) is 18.0 Å². The number of amides is 1. The molecule has 2 aromatic carbocycles. The fraction of sp³-hybridized carbons (Fsp3) is 0.235. The standard InChI is InChI=1S/C17H17F3N2O/c18-17(19,20)12-22-16(23)11-21-15-9-5-4-8-14(15)10-13-6-2-1-3-7-13/h1-9,21H,10-12H2,(H,22,23). The van der Waals surface area contributed by atoms with Crippen LogP contribution < -0.4 is 10.6 Å². The minimum atomic E-state index is -4.40. The van der Waals surface area contributed by atoms with Crippen LogP contribution in [0, 0.1) is 0 Å². The van der Waals surface area contributed by atoms with Gasteiger partial charge in [-0.25, -0.2) is 0 Å². The van der Waals surface area contributed by atoms with Gasteiger partial charge in [0.15, 0.2) is 0 Å². The maximum absolute atomic E-state index is 12.1. The fourth-order valence-electron chi connectivity index (χ4n) is 2.10. The van der Waals surface area contributed by atoms with Gasteiger partial charge in [-0.2, -0.15) is 13.2 Å². The Morgan fingerprint density at radius 1 is 0.957 bits per heavy atom. The second kappa shape index (κ2) is 7.67. The molecule has 1 amide bonds. The van der Waals surface area contributed by atoms with E-state index in [4.69, 9.17) is 0 Å². The highest BCUT2D eigenvalue weighted by molar-refractivity contribution is 5.81. The van der Waals surface area contributed by atoms with Crippen LogP contribution in [0.4, 0.5) is 18.9 Å². The van der Waals surface area contributed by atoms with Gasteiger partial charge in [-0.05, 0) is 23.6 Å². The van der Waals surface area contributed by atoms with E-state index in [0.29, 0.717) is 6.42 Å².